The van der Waals surface area contributed by atoms with E-state index in [0.717, 1.165) is 36.2 Å². The molecule has 1 aliphatic rings. The highest BCUT2D eigenvalue weighted by atomic mass is 32.2. The molecule has 0 fully saturated rings. The van der Waals surface area contributed by atoms with Gasteiger partial charge >= 0.3 is 0 Å². The number of carbonyl (C=O) groups is 1. The van der Waals surface area contributed by atoms with E-state index in [1.165, 1.54) is 21.5 Å². The molecule has 168 valence electrons. The summed E-state index contributed by atoms with van der Waals surface area (Å²) in [5.41, 5.74) is 3.05. The minimum Gasteiger partial charge on any atom is -0.316 e. The van der Waals surface area contributed by atoms with Crippen molar-refractivity contribution in [1.82, 2.24) is 14.8 Å². The number of amides is 1. The lowest BCUT2D eigenvalue weighted by Gasteiger charge is -2.33. The maximum atomic E-state index is 12.7. The van der Waals surface area contributed by atoms with Gasteiger partial charge in [-0.1, -0.05) is 32.5 Å². The van der Waals surface area contributed by atoms with Crippen molar-refractivity contribution in [1.29, 1.82) is 5.26 Å². The van der Waals surface area contributed by atoms with E-state index in [9.17, 15) is 10.1 Å². The summed E-state index contributed by atoms with van der Waals surface area (Å²) in [5.74, 6) is 1.47. The molecule has 0 aliphatic heterocycles. The third kappa shape index (κ3) is 4.63. The first-order valence-electron chi connectivity index (χ1n) is 10.6. The second-order valence-electron chi connectivity index (χ2n) is 9.27. The Morgan fingerprint density at radius 3 is 2.84 bits per heavy atom. The molecule has 3 aromatic rings. The van der Waals surface area contributed by atoms with Gasteiger partial charge in [0.2, 0.25) is 5.91 Å². The zero-order valence-corrected chi connectivity index (χ0v) is 21.4. The van der Waals surface area contributed by atoms with Crippen LogP contribution >= 0.6 is 34.4 Å². The van der Waals surface area contributed by atoms with Crippen molar-refractivity contribution in [2.24, 2.45) is 18.4 Å². The first-order chi connectivity index (χ1) is 15.2. The third-order valence-electron chi connectivity index (χ3n) is 6.01. The highest BCUT2D eigenvalue weighted by Crippen LogP contribution is 2.44. The average molecular weight is 486 g/mol. The first kappa shape index (κ1) is 23.0. The standard InChI is InChI=1S/C23H27N5OS3/c1-13-8-14(11-30-13)20-26-27-22(28(20)5)31-12-19(29)25-21-17(10-24)16-7-6-15(23(2,3)4)9-18(16)32-21/h8,11,15H,6-7,9,12H2,1-5H3,(H,25,29). The molecule has 0 saturated carbocycles. The fraction of sp³-hybridized carbons (Fsp3) is 0.478. The van der Waals surface area contributed by atoms with Crippen LogP contribution in [0.15, 0.2) is 16.6 Å². The molecule has 3 heterocycles. The van der Waals surface area contributed by atoms with E-state index in [1.54, 1.807) is 22.7 Å². The monoisotopic (exact) mass is 485 g/mol. The molecule has 1 unspecified atom stereocenters. The van der Waals surface area contributed by atoms with Crippen molar-refractivity contribution in [3.8, 4) is 17.5 Å². The Morgan fingerprint density at radius 2 is 2.19 bits per heavy atom. The normalized spacial score (nSPS) is 15.9. The number of hydrogen-bond donors (Lipinski definition) is 1. The minimum atomic E-state index is -0.131. The van der Waals surface area contributed by atoms with Crippen LogP contribution in [0.4, 0.5) is 5.00 Å². The lowest BCUT2D eigenvalue weighted by Crippen LogP contribution is -2.26. The van der Waals surface area contributed by atoms with Gasteiger partial charge in [-0.05, 0) is 49.1 Å². The molecule has 9 heteroatoms. The molecule has 1 atom stereocenters. The van der Waals surface area contributed by atoms with Crippen molar-refractivity contribution in [3.05, 3.63) is 32.3 Å². The summed E-state index contributed by atoms with van der Waals surface area (Å²) >= 11 is 4.59. The van der Waals surface area contributed by atoms with Gasteiger partial charge < -0.3 is 9.88 Å². The number of thioether (sulfide) groups is 1. The van der Waals surface area contributed by atoms with Crippen LogP contribution in [0, 0.1) is 29.6 Å². The number of nitrogens with zero attached hydrogens (tertiary/aromatic N) is 4. The number of nitriles is 1. The number of nitrogens with one attached hydrogen (secondary N) is 1. The van der Waals surface area contributed by atoms with Crippen LogP contribution in [0.2, 0.25) is 0 Å². The Kier molecular flexibility index (Phi) is 6.48. The van der Waals surface area contributed by atoms with Crippen LogP contribution in [-0.2, 0) is 24.7 Å². The summed E-state index contributed by atoms with van der Waals surface area (Å²) in [5, 5.41) is 24.7. The lowest BCUT2D eigenvalue weighted by molar-refractivity contribution is -0.113. The molecule has 4 rings (SSSR count). The maximum absolute atomic E-state index is 12.7. The second kappa shape index (κ2) is 9.00. The van der Waals surface area contributed by atoms with Gasteiger partial charge in [-0.3, -0.25) is 4.79 Å². The average Bonchev–Trinajstić information content (AvgIpc) is 3.41. The maximum Gasteiger partial charge on any atom is 0.235 e. The number of thiophene rings is 2. The number of carbonyl (C=O) groups excluding carboxylic acids is 1. The van der Waals surface area contributed by atoms with Crippen molar-refractivity contribution in [2.45, 2.75) is 52.1 Å². The molecule has 1 aliphatic carbocycles. The topological polar surface area (TPSA) is 83.6 Å². The minimum absolute atomic E-state index is 0.131. The Bertz CT molecular complexity index is 1190. The summed E-state index contributed by atoms with van der Waals surface area (Å²) in [6.45, 7) is 8.89. The van der Waals surface area contributed by atoms with Crippen molar-refractivity contribution in [3.63, 3.8) is 0 Å². The fourth-order valence-corrected chi connectivity index (χ4v) is 6.76. The van der Waals surface area contributed by atoms with Crippen LogP contribution in [-0.4, -0.2) is 26.4 Å². The predicted octanol–water partition coefficient (Wildman–Crippen LogP) is 5.67. The smallest absolute Gasteiger partial charge is 0.235 e. The van der Waals surface area contributed by atoms with Crippen molar-refractivity contribution >= 4 is 45.3 Å². The van der Waals surface area contributed by atoms with Gasteiger partial charge in [0.25, 0.3) is 0 Å². The molecule has 0 saturated heterocycles. The summed E-state index contributed by atoms with van der Waals surface area (Å²) in [7, 11) is 1.91. The van der Waals surface area contributed by atoms with E-state index in [-0.39, 0.29) is 17.1 Å². The SMILES string of the molecule is Cc1cc(-c2nnc(SCC(=O)Nc3sc4c(c3C#N)CCC(C(C)(C)C)C4)n2C)cs1. The van der Waals surface area contributed by atoms with Crippen LogP contribution in [0.5, 0.6) is 0 Å². The van der Waals surface area contributed by atoms with Gasteiger partial charge in [-0.15, -0.1) is 32.9 Å². The van der Waals surface area contributed by atoms with E-state index < -0.39 is 0 Å². The van der Waals surface area contributed by atoms with Gasteiger partial charge in [0, 0.05) is 27.7 Å². The lowest BCUT2D eigenvalue weighted by atomic mass is 9.72. The molecule has 0 bridgehead atoms. The Hall–Kier alpha value is -2.15. The number of hydrogen-bond acceptors (Lipinski definition) is 7. The highest BCUT2D eigenvalue weighted by Gasteiger charge is 2.32. The van der Waals surface area contributed by atoms with Gasteiger partial charge in [-0.2, -0.15) is 5.26 Å². The number of rotatable bonds is 5. The number of aromatic nitrogens is 3. The summed E-state index contributed by atoms with van der Waals surface area (Å²) in [6, 6.07) is 4.42. The van der Waals surface area contributed by atoms with Crippen molar-refractivity contribution in [2.75, 3.05) is 11.1 Å². The number of anilines is 1. The molecule has 3 aromatic heterocycles. The van der Waals surface area contributed by atoms with Crippen molar-refractivity contribution < 1.29 is 4.79 Å². The van der Waals surface area contributed by atoms with E-state index in [4.69, 9.17) is 0 Å². The summed E-state index contributed by atoms with van der Waals surface area (Å²) in [6.07, 6.45) is 2.97. The molecule has 0 aromatic carbocycles. The van der Waals surface area contributed by atoms with E-state index in [1.807, 2.05) is 11.6 Å². The Labute approximate surface area is 201 Å². The Balaban J connectivity index is 1.43. The molecular formula is C23H27N5OS3. The van der Waals surface area contributed by atoms with E-state index in [2.05, 4.69) is 60.7 Å². The third-order valence-corrected chi connectivity index (χ3v) is 9.06. The summed E-state index contributed by atoms with van der Waals surface area (Å²) in [4.78, 5) is 15.2. The van der Waals surface area contributed by atoms with E-state index >= 15 is 0 Å². The first-order valence-corrected chi connectivity index (χ1v) is 13.3. The molecule has 0 spiro atoms. The second-order valence-corrected chi connectivity index (χ2v) is 12.4. The quantitative estimate of drug-likeness (QED) is 0.471. The van der Waals surface area contributed by atoms with Crippen LogP contribution in [0.1, 0.15) is 48.1 Å². The number of aryl methyl sites for hydroxylation is 1. The van der Waals surface area contributed by atoms with Gasteiger partial charge in [0.1, 0.15) is 11.1 Å². The summed E-state index contributed by atoms with van der Waals surface area (Å²) < 4.78 is 1.91. The van der Waals surface area contributed by atoms with Gasteiger partial charge in [0.05, 0.1) is 11.3 Å². The molecule has 1 amide bonds. The molecular weight excluding hydrogens is 458 g/mol. The van der Waals surface area contributed by atoms with Gasteiger partial charge in [-0.25, -0.2) is 0 Å². The predicted molar refractivity (Wildman–Crippen MR) is 132 cm³/mol. The number of fused-ring (bicyclic) bond motifs is 1. The van der Waals surface area contributed by atoms with Gasteiger partial charge in [0.15, 0.2) is 11.0 Å². The molecule has 6 nitrogen and oxygen atoms in total. The fourth-order valence-electron chi connectivity index (χ4n) is 4.08. The zero-order valence-electron chi connectivity index (χ0n) is 19.0. The molecule has 1 N–H and O–H groups in total. The highest BCUT2D eigenvalue weighted by molar-refractivity contribution is 7.99. The van der Waals surface area contributed by atoms with Crippen LogP contribution in [0.25, 0.3) is 11.4 Å². The Morgan fingerprint density at radius 1 is 1.41 bits per heavy atom. The molecule has 32 heavy (non-hydrogen) atoms. The van der Waals surface area contributed by atoms with Crippen LogP contribution < -0.4 is 5.32 Å². The zero-order chi connectivity index (χ0) is 23.0. The largest absolute Gasteiger partial charge is 0.316 e. The molecule has 0 radical (unpaired) electrons. The van der Waals surface area contributed by atoms with E-state index in [0.29, 0.717) is 21.6 Å². The van der Waals surface area contributed by atoms with Crippen LogP contribution in [0.3, 0.4) is 0 Å².